The van der Waals surface area contributed by atoms with Crippen LogP contribution in [-0.2, 0) is 0 Å². The van der Waals surface area contributed by atoms with Crippen molar-refractivity contribution in [3.05, 3.63) is 34.1 Å². The van der Waals surface area contributed by atoms with Crippen molar-refractivity contribution in [2.24, 2.45) is 5.73 Å². The second-order valence-corrected chi connectivity index (χ2v) is 4.63. The van der Waals surface area contributed by atoms with Gasteiger partial charge < -0.3 is 5.73 Å². The van der Waals surface area contributed by atoms with Gasteiger partial charge in [-0.1, -0.05) is 32.3 Å². The fraction of sp³-hybridized carbons (Fsp3) is 0.500. The molecule has 0 radical (unpaired) electrons. The minimum absolute atomic E-state index is 0.0425. The highest BCUT2D eigenvalue weighted by Crippen LogP contribution is 2.22. The summed E-state index contributed by atoms with van der Waals surface area (Å²) in [6.07, 6.45) is 4.40. The van der Waals surface area contributed by atoms with Crippen molar-refractivity contribution in [1.82, 2.24) is 0 Å². The van der Waals surface area contributed by atoms with Crippen LogP contribution < -0.4 is 5.73 Å². The summed E-state index contributed by atoms with van der Waals surface area (Å²) >= 11 is 3.13. The van der Waals surface area contributed by atoms with Gasteiger partial charge in [0.15, 0.2) is 0 Å². The first kappa shape index (κ1) is 12.7. The molecule has 2 N–H and O–H groups in total. The molecular formula is C12H17BrFN. The Kier molecular flexibility index (Phi) is 5.26. The maximum atomic E-state index is 13.2. The quantitative estimate of drug-likeness (QED) is 0.801. The van der Waals surface area contributed by atoms with Crippen LogP contribution in [0.3, 0.4) is 0 Å². The largest absolute Gasteiger partial charge is 0.324 e. The van der Waals surface area contributed by atoms with Crippen molar-refractivity contribution in [2.45, 2.75) is 38.6 Å². The van der Waals surface area contributed by atoms with Crippen LogP contribution in [0.15, 0.2) is 22.7 Å². The lowest BCUT2D eigenvalue weighted by Gasteiger charge is -2.12. The van der Waals surface area contributed by atoms with Gasteiger partial charge >= 0.3 is 0 Å². The predicted molar refractivity (Wildman–Crippen MR) is 65.2 cm³/mol. The molecule has 1 aromatic rings. The molecule has 1 nitrogen and oxygen atoms in total. The van der Waals surface area contributed by atoms with Gasteiger partial charge in [-0.3, -0.25) is 0 Å². The molecule has 0 bridgehead atoms. The summed E-state index contributed by atoms with van der Waals surface area (Å²) in [6.45, 7) is 2.16. The molecule has 0 amide bonds. The number of rotatable bonds is 5. The number of hydrogen-bond donors (Lipinski definition) is 1. The molecule has 0 saturated carbocycles. The van der Waals surface area contributed by atoms with Crippen molar-refractivity contribution in [1.29, 1.82) is 0 Å². The zero-order chi connectivity index (χ0) is 11.3. The molecule has 0 aromatic heterocycles. The first-order chi connectivity index (χ1) is 7.15. The minimum Gasteiger partial charge on any atom is -0.324 e. The monoisotopic (exact) mass is 273 g/mol. The van der Waals surface area contributed by atoms with Crippen LogP contribution in [-0.4, -0.2) is 0 Å². The van der Waals surface area contributed by atoms with Crippen molar-refractivity contribution in [3.63, 3.8) is 0 Å². The molecule has 1 aromatic carbocycles. The SMILES string of the molecule is CCCCC[C@H](N)c1ccc(Br)c(F)c1. The first-order valence-corrected chi connectivity index (χ1v) is 6.15. The summed E-state index contributed by atoms with van der Waals surface area (Å²) in [5, 5.41) is 0. The Morgan fingerprint density at radius 2 is 2.13 bits per heavy atom. The normalized spacial score (nSPS) is 12.8. The second kappa shape index (κ2) is 6.23. The minimum atomic E-state index is -0.238. The molecule has 15 heavy (non-hydrogen) atoms. The Labute approximate surface area is 99.0 Å². The number of benzene rings is 1. The lowest BCUT2D eigenvalue weighted by atomic mass is 10.0. The summed E-state index contributed by atoms with van der Waals surface area (Å²) in [7, 11) is 0. The van der Waals surface area contributed by atoms with E-state index in [0.717, 1.165) is 18.4 Å². The third-order valence-electron chi connectivity index (χ3n) is 2.49. The van der Waals surface area contributed by atoms with E-state index in [-0.39, 0.29) is 11.9 Å². The Morgan fingerprint density at radius 1 is 1.40 bits per heavy atom. The molecule has 0 heterocycles. The van der Waals surface area contributed by atoms with Gasteiger partial charge in [0.05, 0.1) is 4.47 Å². The van der Waals surface area contributed by atoms with Gasteiger partial charge in [-0.05, 0) is 40.0 Å². The summed E-state index contributed by atoms with van der Waals surface area (Å²) in [6, 6.07) is 5.06. The molecule has 3 heteroatoms. The van der Waals surface area contributed by atoms with Crippen molar-refractivity contribution >= 4 is 15.9 Å². The van der Waals surface area contributed by atoms with Crippen LogP contribution in [0.1, 0.15) is 44.2 Å². The Morgan fingerprint density at radius 3 is 2.73 bits per heavy atom. The number of hydrogen-bond acceptors (Lipinski definition) is 1. The highest BCUT2D eigenvalue weighted by atomic mass is 79.9. The predicted octanol–water partition coefficient (Wildman–Crippen LogP) is 4.17. The van der Waals surface area contributed by atoms with Gasteiger partial charge in [0.2, 0.25) is 0 Å². The van der Waals surface area contributed by atoms with E-state index in [1.54, 1.807) is 6.07 Å². The third-order valence-corrected chi connectivity index (χ3v) is 3.13. The average Bonchev–Trinajstić information content (AvgIpc) is 2.22. The Hall–Kier alpha value is -0.410. The van der Waals surface area contributed by atoms with Gasteiger partial charge in [-0.2, -0.15) is 0 Å². The molecule has 0 spiro atoms. The summed E-state index contributed by atoms with van der Waals surface area (Å²) in [4.78, 5) is 0. The molecule has 0 saturated heterocycles. The smallest absolute Gasteiger partial charge is 0.137 e. The first-order valence-electron chi connectivity index (χ1n) is 5.35. The van der Waals surface area contributed by atoms with Crippen LogP contribution >= 0.6 is 15.9 Å². The fourth-order valence-electron chi connectivity index (χ4n) is 1.52. The van der Waals surface area contributed by atoms with Crippen LogP contribution in [0.25, 0.3) is 0 Å². The molecule has 0 aliphatic carbocycles. The molecule has 0 aliphatic heterocycles. The van der Waals surface area contributed by atoms with E-state index < -0.39 is 0 Å². The van der Waals surface area contributed by atoms with Crippen molar-refractivity contribution in [3.8, 4) is 0 Å². The van der Waals surface area contributed by atoms with E-state index in [2.05, 4.69) is 22.9 Å². The highest BCUT2D eigenvalue weighted by molar-refractivity contribution is 9.10. The lowest BCUT2D eigenvalue weighted by molar-refractivity contribution is 0.571. The molecule has 0 unspecified atom stereocenters. The topological polar surface area (TPSA) is 26.0 Å². The lowest BCUT2D eigenvalue weighted by Crippen LogP contribution is -2.10. The Bertz CT molecular complexity index is 314. The zero-order valence-electron chi connectivity index (χ0n) is 8.97. The van der Waals surface area contributed by atoms with E-state index >= 15 is 0 Å². The van der Waals surface area contributed by atoms with Gasteiger partial charge in [-0.25, -0.2) is 4.39 Å². The molecule has 0 aliphatic rings. The maximum Gasteiger partial charge on any atom is 0.137 e. The molecule has 1 atom stereocenters. The van der Waals surface area contributed by atoms with Crippen LogP contribution in [0.2, 0.25) is 0 Å². The molecule has 84 valence electrons. The maximum absolute atomic E-state index is 13.2. The second-order valence-electron chi connectivity index (χ2n) is 3.78. The average molecular weight is 274 g/mol. The van der Waals surface area contributed by atoms with E-state index in [9.17, 15) is 4.39 Å². The van der Waals surface area contributed by atoms with E-state index in [1.807, 2.05) is 6.07 Å². The molecular weight excluding hydrogens is 257 g/mol. The fourth-order valence-corrected chi connectivity index (χ4v) is 1.77. The molecule has 1 rings (SSSR count). The zero-order valence-corrected chi connectivity index (χ0v) is 10.6. The van der Waals surface area contributed by atoms with Gasteiger partial charge in [0.25, 0.3) is 0 Å². The van der Waals surface area contributed by atoms with Gasteiger partial charge in [0.1, 0.15) is 5.82 Å². The van der Waals surface area contributed by atoms with Crippen LogP contribution in [0, 0.1) is 5.82 Å². The van der Waals surface area contributed by atoms with Crippen LogP contribution in [0.5, 0.6) is 0 Å². The van der Waals surface area contributed by atoms with Crippen molar-refractivity contribution < 1.29 is 4.39 Å². The number of halogens is 2. The van der Waals surface area contributed by atoms with Crippen LogP contribution in [0.4, 0.5) is 4.39 Å². The Balaban J connectivity index is 2.57. The van der Waals surface area contributed by atoms with E-state index in [4.69, 9.17) is 5.73 Å². The van der Waals surface area contributed by atoms with E-state index in [1.165, 1.54) is 18.9 Å². The number of unbranched alkanes of at least 4 members (excludes halogenated alkanes) is 2. The highest BCUT2D eigenvalue weighted by Gasteiger charge is 2.08. The standard InChI is InChI=1S/C12H17BrFN/c1-2-3-4-5-12(15)9-6-7-10(13)11(14)8-9/h6-8,12H,2-5,15H2,1H3/t12-/m0/s1. The van der Waals surface area contributed by atoms with Gasteiger partial charge in [-0.15, -0.1) is 0 Å². The summed E-state index contributed by atoms with van der Waals surface area (Å²) < 4.78 is 13.7. The molecule has 0 fully saturated rings. The summed E-state index contributed by atoms with van der Waals surface area (Å²) in [5.74, 6) is -0.238. The third kappa shape index (κ3) is 3.92. The van der Waals surface area contributed by atoms with Gasteiger partial charge in [0, 0.05) is 6.04 Å². The number of nitrogens with two attached hydrogens (primary N) is 1. The summed E-state index contributed by atoms with van der Waals surface area (Å²) in [5.41, 5.74) is 6.85. The van der Waals surface area contributed by atoms with Crippen molar-refractivity contribution in [2.75, 3.05) is 0 Å². The van der Waals surface area contributed by atoms with E-state index in [0.29, 0.717) is 4.47 Å².